The fraction of sp³-hybridized carbons (Fsp3) is 0.0909. The minimum Gasteiger partial charge on any atom is -0.506 e. The predicted molar refractivity (Wildman–Crippen MR) is 114 cm³/mol. The fourth-order valence-corrected chi connectivity index (χ4v) is 3.87. The molecule has 146 valence electrons. The number of aromatic carboxylic acids is 1. The van der Waals surface area contributed by atoms with Crippen LogP contribution < -0.4 is 4.74 Å². The summed E-state index contributed by atoms with van der Waals surface area (Å²) in [7, 11) is 0. The van der Waals surface area contributed by atoms with Crippen LogP contribution in [-0.2, 0) is 5.33 Å². The molecule has 1 aromatic heterocycles. The van der Waals surface area contributed by atoms with Crippen molar-refractivity contribution in [3.8, 4) is 23.1 Å². The van der Waals surface area contributed by atoms with E-state index in [1.165, 1.54) is 6.07 Å². The van der Waals surface area contributed by atoms with Crippen molar-refractivity contribution in [3.05, 3.63) is 77.5 Å². The highest BCUT2D eigenvalue weighted by molar-refractivity contribution is 9.08. The van der Waals surface area contributed by atoms with Gasteiger partial charge in [0.15, 0.2) is 0 Å². The minimum atomic E-state index is -1.23. The maximum atomic E-state index is 11.6. The van der Waals surface area contributed by atoms with Gasteiger partial charge >= 0.3 is 5.97 Å². The maximum absolute atomic E-state index is 11.6. The Hall–Kier alpha value is -3.32. The molecule has 0 spiro atoms. The molecule has 0 fully saturated rings. The summed E-state index contributed by atoms with van der Waals surface area (Å²) in [6, 6.07) is 17.9. The van der Waals surface area contributed by atoms with E-state index in [0.717, 1.165) is 16.9 Å². The molecule has 0 aliphatic carbocycles. The summed E-state index contributed by atoms with van der Waals surface area (Å²) in [5.74, 6) is -0.701. The van der Waals surface area contributed by atoms with Gasteiger partial charge in [0.05, 0.1) is 11.4 Å². The summed E-state index contributed by atoms with van der Waals surface area (Å²) < 4.78 is 7.95. The molecule has 0 saturated heterocycles. The highest BCUT2D eigenvalue weighted by Gasteiger charge is 2.22. The lowest BCUT2D eigenvalue weighted by molar-refractivity contribution is 0.0693. The molecule has 0 bridgehead atoms. The van der Waals surface area contributed by atoms with Crippen molar-refractivity contribution < 1.29 is 19.7 Å². The SMILES string of the molecule is Cc1nn(-c2ccccc2)c(Oc2cc(C(=O)O)c(O)c3ccccc23)c1CBr. The number of halogens is 1. The third-order valence-corrected chi connectivity index (χ3v) is 5.25. The first-order valence-electron chi connectivity index (χ1n) is 8.87. The summed E-state index contributed by atoms with van der Waals surface area (Å²) in [6.45, 7) is 1.89. The summed E-state index contributed by atoms with van der Waals surface area (Å²) >= 11 is 3.49. The normalized spacial score (nSPS) is 11.0. The van der Waals surface area contributed by atoms with Gasteiger partial charge in [-0.25, -0.2) is 9.48 Å². The van der Waals surface area contributed by atoms with Crippen LogP contribution in [0.25, 0.3) is 16.5 Å². The highest BCUT2D eigenvalue weighted by Crippen LogP contribution is 2.40. The van der Waals surface area contributed by atoms with Gasteiger partial charge in [-0.15, -0.1) is 0 Å². The Labute approximate surface area is 175 Å². The van der Waals surface area contributed by atoms with Crippen LogP contribution in [0.2, 0.25) is 0 Å². The number of carbonyl (C=O) groups is 1. The van der Waals surface area contributed by atoms with Gasteiger partial charge in [-0.1, -0.05) is 58.4 Å². The molecule has 0 amide bonds. The van der Waals surface area contributed by atoms with Crippen LogP contribution in [0.3, 0.4) is 0 Å². The van der Waals surface area contributed by atoms with Gasteiger partial charge < -0.3 is 14.9 Å². The van der Waals surface area contributed by atoms with E-state index >= 15 is 0 Å². The first-order valence-corrected chi connectivity index (χ1v) is 9.99. The highest BCUT2D eigenvalue weighted by atomic mass is 79.9. The number of carboxylic acid groups (broad SMARTS) is 1. The van der Waals surface area contributed by atoms with Crippen molar-refractivity contribution in [1.82, 2.24) is 9.78 Å². The number of hydrogen-bond acceptors (Lipinski definition) is 4. The molecular formula is C22H17BrN2O4. The summed E-state index contributed by atoms with van der Waals surface area (Å²) in [5.41, 5.74) is 2.24. The summed E-state index contributed by atoms with van der Waals surface area (Å²) in [6.07, 6.45) is 0. The van der Waals surface area contributed by atoms with Gasteiger partial charge in [-0.05, 0) is 25.1 Å². The van der Waals surface area contributed by atoms with Gasteiger partial charge in [0.1, 0.15) is 17.1 Å². The molecule has 29 heavy (non-hydrogen) atoms. The molecule has 0 unspecified atom stereocenters. The Morgan fingerprint density at radius 2 is 1.76 bits per heavy atom. The molecule has 7 heteroatoms. The second-order valence-corrected chi connectivity index (χ2v) is 7.03. The van der Waals surface area contributed by atoms with E-state index in [1.807, 2.05) is 37.3 Å². The standard InChI is InChI=1S/C22H17BrN2O4/c1-13-18(12-23)21(25(24-13)14-7-3-2-4-8-14)29-19-11-17(22(27)28)20(26)16-10-6-5-9-15(16)19/h2-11,26H,12H2,1H3,(H,27,28). The Kier molecular flexibility index (Phi) is 4.98. The van der Waals surface area contributed by atoms with E-state index in [1.54, 1.807) is 28.9 Å². The van der Waals surface area contributed by atoms with Crippen LogP contribution in [0.5, 0.6) is 17.4 Å². The zero-order valence-electron chi connectivity index (χ0n) is 15.5. The average Bonchev–Trinajstić information content (AvgIpc) is 3.05. The molecule has 4 aromatic rings. The number of fused-ring (bicyclic) bond motifs is 1. The van der Waals surface area contributed by atoms with E-state index in [4.69, 9.17) is 4.74 Å². The third kappa shape index (κ3) is 3.34. The largest absolute Gasteiger partial charge is 0.506 e. The number of carboxylic acids is 1. The molecule has 0 aliphatic rings. The maximum Gasteiger partial charge on any atom is 0.339 e. The fourth-order valence-electron chi connectivity index (χ4n) is 3.22. The van der Waals surface area contributed by atoms with Crippen molar-refractivity contribution in [1.29, 1.82) is 0 Å². The number of rotatable bonds is 5. The second kappa shape index (κ2) is 7.60. The Morgan fingerprint density at radius 1 is 1.10 bits per heavy atom. The van der Waals surface area contributed by atoms with Crippen molar-refractivity contribution in [2.45, 2.75) is 12.3 Å². The molecule has 0 radical (unpaired) electrons. The van der Waals surface area contributed by atoms with E-state index in [-0.39, 0.29) is 11.3 Å². The minimum absolute atomic E-state index is 0.221. The second-order valence-electron chi connectivity index (χ2n) is 6.47. The number of alkyl halides is 1. The van der Waals surface area contributed by atoms with Crippen LogP contribution in [0.15, 0.2) is 60.7 Å². The lowest BCUT2D eigenvalue weighted by Gasteiger charge is -2.14. The number of aryl methyl sites for hydroxylation is 1. The number of para-hydroxylation sites is 1. The third-order valence-electron chi connectivity index (χ3n) is 4.69. The van der Waals surface area contributed by atoms with Crippen LogP contribution in [-0.4, -0.2) is 26.0 Å². The molecule has 2 N–H and O–H groups in total. The van der Waals surface area contributed by atoms with Crippen molar-refractivity contribution in [2.24, 2.45) is 0 Å². The van der Waals surface area contributed by atoms with Crippen LogP contribution >= 0.6 is 15.9 Å². The zero-order chi connectivity index (χ0) is 20.5. The molecule has 0 aliphatic heterocycles. The monoisotopic (exact) mass is 452 g/mol. The molecule has 4 rings (SSSR count). The number of aromatic hydroxyl groups is 1. The van der Waals surface area contributed by atoms with Gasteiger partial charge in [0, 0.05) is 21.7 Å². The number of aromatic nitrogens is 2. The molecule has 0 saturated carbocycles. The lowest BCUT2D eigenvalue weighted by Crippen LogP contribution is -2.02. The number of hydrogen-bond donors (Lipinski definition) is 2. The number of benzene rings is 3. The number of ether oxygens (including phenoxy) is 1. The van der Waals surface area contributed by atoms with E-state index in [0.29, 0.717) is 27.7 Å². The molecular weight excluding hydrogens is 436 g/mol. The van der Waals surface area contributed by atoms with E-state index in [9.17, 15) is 15.0 Å². The topological polar surface area (TPSA) is 84.6 Å². The van der Waals surface area contributed by atoms with Crippen LogP contribution in [0.4, 0.5) is 0 Å². The van der Waals surface area contributed by atoms with Gasteiger partial charge in [0.25, 0.3) is 0 Å². The average molecular weight is 453 g/mol. The first-order chi connectivity index (χ1) is 14.0. The van der Waals surface area contributed by atoms with E-state index < -0.39 is 5.97 Å². The Morgan fingerprint density at radius 3 is 2.41 bits per heavy atom. The van der Waals surface area contributed by atoms with E-state index in [2.05, 4.69) is 21.0 Å². The van der Waals surface area contributed by atoms with Crippen LogP contribution in [0.1, 0.15) is 21.6 Å². The number of nitrogens with zero attached hydrogens (tertiary/aromatic N) is 2. The van der Waals surface area contributed by atoms with Crippen molar-refractivity contribution in [2.75, 3.05) is 0 Å². The van der Waals surface area contributed by atoms with Gasteiger partial charge in [-0.2, -0.15) is 5.10 Å². The Balaban J connectivity index is 1.94. The summed E-state index contributed by atoms with van der Waals surface area (Å²) in [4.78, 5) is 11.6. The predicted octanol–water partition coefficient (Wildman–Crippen LogP) is 5.42. The summed E-state index contributed by atoms with van der Waals surface area (Å²) in [5, 5.41) is 26.0. The quantitative estimate of drug-likeness (QED) is 0.394. The van der Waals surface area contributed by atoms with Crippen LogP contribution in [0, 0.1) is 6.92 Å². The smallest absolute Gasteiger partial charge is 0.339 e. The molecule has 6 nitrogen and oxygen atoms in total. The van der Waals surface area contributed by atoms with Crippen molar-refractivity contribution >= 4 is 32.7 Å². The van der Waals surface area contributed by atoms with Gasteiger partial charge in [0.2, 0.25) is 5.88 Å². The first kappa shape index (κ1) is 19.0. The lowest BCUT2D eigenvalue weighted by atomic mass is 10.0. The molecule has 3 aromatic carbocycles. The zero-order valence-corrected chi connectivity index (χ0v) is 17.0. The van der Waals surface area contributed by atoms with Crippen molar-refractivity contribution in [3.63, 3.8) is 0 Å². The Bertz CT molecular complexity index is 1220. The molecule has 0 atom stereocenters. The van der Waals surface area contributed by atoms with Gasteiger partial charge in [-0.3, -0.25) is 0 Å². The molecule has 1 heterocycles. The number of phenols is 1.